The van der Waals surface area contributed by atoms with Crippen molar-refractivity contribution in [3.8, 4) is 6.07 Å². The number of carbonyl (C=O) groups is 1. The van der Waals surface area contributed by atoms with E-state index in [1.54, 1.807) is 0 Å². The van der Waals surface area contributed by atoms with E-state index in [-0.39, 0.29) is 23.5 Å². The molecule has 0 bridgehead atoms. The first-order valence-corrected chi connectivity index (χ1v) is 13.0. The van der Waals surface area contributed by atoms with Gasteiger partial charge < -0.3 is 9.30 Å². The Balaban J connectivity index is 1.42. The summed E-state index contributed by atoms with van der Waals surface area (Å²) >= 11 is 0. The first kappa shape index (κ1) is 24.2. The maximum Gasteiger partial charge on any atom is 0.176 e. The second-order valence-corrected chi connectivity index (χ2v) is 9.99. The van der Waals surface area contributed by atoms with Gasteiger partial charge in [-0.3, -0.25) is 4.79 Å². The van der Waals surface area contributed by atoms with Gasteiger partial charge in [-0.15, -0.1) is 0 Å². The number of nitriles is 1. The number of allylic oxidation sites excluding steroid dienone is 2. The van der Waals surface area contributed by atoms with Crippen LogP contribution in [0.5, 0.6) is 0 Å². The van der Waals surface area contributed by atoms with Crippen LogP contribution >= 0.6 is 0 Å². The minimum atomic E-state index is -0.161. The number of ketones is 1. The molecule has 2 aliphatic rings. The zero-order valence-electron chi connectivity index (χ0n) is 20.9. The van der Waals surface area contributed by atoms with Crippen LogP contribution in [0.25, 0.3) is 0 Å². The van der Waals surface area contributed by atoms with Gasteiger partial charge in [-0.1, -0.05) is 73.7 Å². The largest absolute Gasteiger partial charge is 0.376 e. The van der Waals surface area contributed by atoms with Crippen LogP contribution in [0.2, 0.25) is 0 Å². The van der Waals surface area contributed by atoms with Gasteiger partial charge >= 0.3 is 0 Å². The van der Waals surface area contributed by atoms with Gasteiger partial charge in [-0.2, -0.15) is 5.26 Å². The molecule has 3 aromatic rings. The number of nitrogens with zero attached hydrogens (tertiary/aromatic N) is 3. The van der Waals surface area contributed by atoms with Crippen LogP contribution in [-0.2, 0) is 35.5 Å². The third kappa shape index (κ3) is 5.05. The van der Waals surface area contributed by atoms with Crippen molar-refractivity contribution in [2.24, 2.45) is 11.8 Å². The van der Waals surface area contributed by atoms with E-state index in [2.05, 4.69) is 47.0 Å². The molecule has 0 aliphatic heterocycles. The average molecular weight is 480 g/mol. The van der Waals surface area contributed by atoms with Crippen LogP contribution < -0.4 is 0 Å². The van der Waals surface area contributed by atoms with E-state index in [9.17, 15) is 10.1 Å². The highest BCUT2D eigenvalue weighted by atomic mass is 16.5. The summed E-state index contributed by atoms with van der Waals surface area (Å²) in [6.07, 6.45) is 6.10. The van der Waals surface area contributed by atoms with E-state index in [0.29, 0.717) is 18.8 Å². The molecule has 5 nitrogen and oxygen atoms in total. The Bertz CT molecular complexity index is 1270. The molecule has 1 heterocycles. The first-order chi connectivity index (χ1) is 17.7. The molecule has 0 saturated carbocycles. The van der Waals surface area contributed by atoms with Crippen LogP contribution in [0.1, 0.15) is 60.4 Å². The molecule has 0 N–H and O–H groups in total. The fourth-order valence-electron chi connectivity index (χ4n) is 5.89. The SMILES string of the molecule is C[C@@H]1C(=O)C(C#N)=CCC[C@H]2c3nc(CCOCc4ccccc4)n(Cc4ccccc4)c3CC[C@@H]12. The molecule has 2 aliphatic carbocycles. The summed E-state index contributed by atoms with van der Waals surface area (Å²) in [4.78, 5) is 18.2. The Morgan fingerprint density at radius 1 is 1.06 bits per heavy atom. The molecule has 0 saturated heterocycles. The fraction of sp³-hybridized carbons (Fsp3) is 0.387. The number of ether oxygens (including phenoxy) is 1. The molecule has 184 valence electrons. The van der Waals surface area contributed by atoms with Crippen molar-refractivity contribution >= 4 is 5.78 Å². The second kappa shape index (κ2) is 11.1. The lowest BCUT2D eigenvalue weighted by atomic mass is 9.68. The third-order valence-electron chi connectivity index (χ3n) is 7.80. The highest BCUT2D eigenvalue weighted by Crippen LogP contribution is 2.45. The quantitative estimate of drug-likeness (QED) is 0.403. The summed E-state index contributed by atoms with van der Waals surface area (Å²) in [7, 11) is 0. The standard InChI is InChI=1S/C31H33N3O2/c1-22-26-15-16-28-30(27(26)14-8-13-25(19-32)31(22)35)33-29(34(28)20-23-9-4-2-5-10-23)17-18-36-21-24-11-6-3-7-12-24/h2-7,9-13,22,26-27H,8,14-18,20-21H2,1H3/t22-,26-,27+/m0/s1. The van der Waals surface area contributed by atoms with Crippen LogP contribution in [0.3, 0.4) is 0 Å². The van der Waals surface area contributed by atoms with Gasteiger partial charge in [-0.05, 0) is 42.7 Å². The fourth-order valence-corrected chi connectivity index (χ4v) is 5.89. The van der Waals surface area contributed by atoms with Gasteiger partial charge in [0.2, 0.25) is 0 Å². The Morgan fingerprint density at radius 2 is 1.78 bits per heavy atom. The lowest BCUT2D eigenvalue weighted by molar-refractivity contribution is -0.120. The molecule has 5 rings (SSSR count). The van der Waals surface area contributed by atoms with Gasteiger partial charge in [-0.25, -0.2) is 4.98 Å². The number of Topliss-reactive ketones (excluding diaryl/α,β-unsaturated/α-hetero) is 1. The number of fused-ring (bicyclic) bond motifs is 3. The van der Waals surface area contributed by atoms with Gasteiger partial charge in [0.1, 0.15) is 11.9 Å². The number of hydrogen-bond donors (Lipinski definition) is 0. The molecular weight excluding hydrogens is 446 g/mol. The topological polar surface area (TPSA) is 67.9 Å². The Hall–Kier alpha value is -3.49. The molecular formula is C31H33N3O2. The van der Waals surface area contributed by atoms with E-state index in [1.165, 1.54) is 16.8 Å². The Kier molecular flexibility index (Phi) is 7.44. The summed E-state index contributed by atoms with van der Waals surface area (Å²) in [5.41, 5.74) is 5.23. The lowest BCUT2D eigenvalue weighted by Crippen LogP contribution is -2.33. The number of imidazole rings is 1. The van der Waals surface area contributed by atoms with Crippen LogP contribution in [0.4, 0.5) is 0 Å². The summed E-state index contributed by atoms with van der Waals surface area (Å²) in [5.74, 6) is 1.36. The number of rotatable bonds is 7. The van der Waals surface area contributed by atoms with Crippen LogP contribution in [0, 0.1) is 23.2 Å². The van der Waals surface area contributed by atoms with Gasteiger partial charge in [0, 0.05) is 30.5 Å². The lowest BCUT2D eigenvalue weighted by Gasteiger charge is -2.36. The molecule has 2 aromatic carbocycles. The zero-order valence-corrected chi connectivity index (χ0v) is 20.9. The average Bonchev–Trinajstić information content (AvgIpc) is 3.26. The number of carbonyl (C=O) groups excluding carboxylic acids is 1. The van der Waals surface area contributed by atoms with Gasteiger partial charge in [0.15, 0.2) is 5.78 Å². The van der Waals surface area contributed by atoms with Crippen molar-refractivity contribution in [3.05, 3.63) is 101 Å². The van der Waals surface area contributed by atoms with Crippen molar-refractivity contribution in [2.45, 2.75) is 58.1 Å². The van der Waals surface area contributed by atoms with Crippen molar-refractivity contribution < 1.29 is 9.53 Å². The number of hydrogen-bond acceptors (Lipinski definition) is 4. The first-order valence-electron chi connectivity index (χ1n) is 13.0. The van der Waals surface area contributed by atoms with Crippen molar-refractivity contribution in [3.63, 3.8) is 0 Å². The van der Waals surface area contributed by atoms with Gasteiger partial charge in [0.05, 0.1) is 24.5 Å². The van der Waals surface area contributed by atoms with Crippen molar-refractivity contribution in [1.82, 2.24) is 9.55 Å². The Morgan fingerprint density at radius 3 is 2.50 bits per heavy atom. The number of aromatic nitrogens is 2. The van der Waals surface area contributed by atoms with E-state index in [4.69, 9.17) is 9.72 Å². The molecule has 0 fully saturated rings. The maximum absolute atomic E-state index is 13.0. The Labute approximate surface area is 213 Å². The van der Waals surface area contributed by atoms with E-state index >= 15 is 0 Å². The van der Waals surface area contributed by atoms with E-state index in [1.807, 2.05) is 37.3 Å². The van der Waals surface area contributed by atoms with Crippen LogP contribution in [-0.4, -0.2) is 21.9 Å². The molecule has 5 heteroatoms. The van der Waals surface area contributed by atoms with E-state index < -0.39 is 0 Å². The summed E-state index contributed by atoms with van der Waals surface area (Å²) in [6, 6.07) is 22.9. The van der Waals surface area contributed by atoms with Crippen molar-refractivity contribution in [1.29, 1.82) is 5.26 Å². The number of benzene rings is 2. The highest BCUT2D eigenvalue weighted by molar-refractivity contribution is 6.00. The molecule has 0 spiro atoms. The second-order valence-electron chi connectivity index (χ2n) is 9.99. The monoisotopic (exact) mass is 479 g/mol. The van der Waals surface area contributed by atoms with Gasteiger partial charge in [0.25, 0.3) is 0 Å². The molecule has 36 heavy (non-hydrogen) atoms. The normalized spacial score (nSPS) is 21.5. The van der Waals surface area contributed by atoms with Crippen LogP contribution in [0.15, 0.2) is 72.3 Å². The predicted molar refractivity (Wildman–Crippen MR) is 139 cm³/mol. The summed E-state index contributed by atoms with van der Waals surface area (Å²) in [5, 5.41) is 9.44. The smallest absolute Gasteiger partial charge is 0.176 e. The third-order valence-corrected chi connectivity index (χ3v) is 7.80. The minimum Gasteiger partial charge on any atom is -0.376 e. The highest BCUT2D eigenvalue weighted by Gasteiger charge is 2.40. The zero-order chi connectivity index (χ0) is 24.9. The minimum absolute atomic E-state index is 0.00564. The summed E-state index contributed by atoms with van der Waals surface area (Å²) in [6.45, 7) is 4.00. The predicted octanol–water partition coefficient (Wildman–Crippen LogP) is 5.79. The molecule has 1 aromatic heterocycles. The molecule has 3 atom stereocenters. The molecule has 0 unspecified atom stereocenters. The summed E-state index contributed by atoms with van der Waals surface area (Å²) < 4.78 is 8.42. The maximum atomic E-state index is 13.0. The molecule has 0 radical (unpaired) electrons. The van der Waals surface area contributed by atoms with Crippen molar-refractivity contribution in [2.75, 3.05) is 6.61 Å². The molecule has 0 amide bonds. The van der Waals surface area contributed by atoms with E-state index in [0.717, 1.165) is 50.2 Å².